The average Bonchev–Trinajstić information content (AvgIpc) is 2.92. The lowest BCUT2D eigenvalue weighted by atomic mass is 10.1. The van der Waals surface area contributed by atoms with Gasteiger partial charge in [0.25, 0.3) is 15.9 Å². The molecule has 3 rings (SSSR count). The molecular weight excluding hydrogens is 526 g/mol. The third kappa shape index (κ3) is 7.27. The third-order valence-electron chi connectivity index (χ3n) is 5.41. The molecule has 38 heavy (non-hydrogen) atoms. The number of sulfonamides is 1. The van der Waals surface area contributed by atoms with Gasteiger partial charge < -0.3 is 20.1 Å². The molecule has 0 saturated carbocycles. The Morgan fingerprint density at radius 1 is 0.974 bits per heavy atom. The summed E-state index contributed by atoms with van der Waals surface area (Å²) in [6.45, 7) is 2.19. The second-order valence-corrected chi connectivity index (χ2v) is 10.7. The molecule has 3 aromatic rings. The number of hydrogen-bond donors (Lipinski definition) is 2. The van der Waals surface area contributed by atoms with Gasteiger partial charge in [-0.25, -0.2) is 8.42 Å². The van der Waals surface area contributed by atoms with Crippen molar-refractivity contribution in [2.45, 2.75) is 16.7 Å². The molecule has 202 valence electrons. The van der Waals surface area contributed by atoms with E-state index in [9.17, 15) is 18.0 Å². The monoisotopic (exact) mass is 557 g/mol. The van der Waals surface area contributed by atoms with Gasteiger partial charge in [0, 0.05) is 18.6 Å². The number of para-hydroxylation sites is 3. The predicted octanol–water partition coefficient (Wildman–Crippen LogP) is 4.02. The number of nitrogens with zero attached hydrogens (tertiary/aromatic N) is 1. The van der Waals surface area contributed by atoms with Crippen molar-refractivity contribution < 1.29 is 27.5 Å². The second-order valence-electron chi connectivity index (χ2n) is 7.93. The fraction of sp³-hybridized carbons (Fsp3) is 0.259. The number of hydrogen-bond acceptors (Lipinski definition) is 7. The van der Waals surface area contributed by atoms with E-state index in [0.29, 0.717) is 25.5 Å². The quantitative estimate of drug-likeness (QED) is 0.241. The van der Waals surface area contributed by atoms with Crippen LogP contribution in [0, 0.1) is 0 Å². The van der Waals surface area contributed by atoms with Crippen LogP contribution >= 0.6 is 11.8 Å². The summed E-state index contributed by atoms with van der Waals surface area (Å²) in [5, 5.41) is 5.41. The van der Waals surface area contributed by atoms with Crippen LogP contribution in [0.3, 0.4) is 0 Å². The number of carbonyl (C=O) groups excluding carboxylic acids is 2. The van der Waals surface area contributed by atoms with Crippen molar-refractivity contribution in [2.24, 2.45) is 0 Å². The SMILES string of the molecule is CCOc1ccccc1N(CC(=O)Nc1ccccc1C(=O)NCCOC)S(=O)(=O)c1ccc(SC)cc1. The van der Waals surface area contributed by atoms with E-state index in [4.69, 9.17) is 9.47 Å². The molecule has 0 aliphatic carbocycles. The fourth-order valence-electron chi connectivity index (χ4n) is 3.59. The minimum Gasteiger partial charge on any atom is -0.492 e. The second kappa shape index (κ2) is 13.8. The first-order valence-corrected chi connectivity index (χ1v) is 14.5. The van der Waals surface area contributed by atoms with E-state index in [2.05, 4.69) is 10.6 Å². The van der Waals surface area contributed by atoms with E-state index >= 15 is 0 Å². The maximum Gasteiger partial charge on any atom is 0.264 e. The average molecular weight is 558 g/mol. The number of amides is 2. The van der Waals surface area contributed by atoms with Crippen molar-refractivity contribution in [2.75, 3.05) is 49.3 Å². The van der Waals surface area contributed by atoms with Gasteiger partial charge in [0.1, 0.15) is 12.3 Å². The molecule has 0 spiro atoms. The molecule has 9 nitrogen and oxygen atoms in total. The number of anilines is 2. The summed E-state index contributed by atoms with van der Waals surface area (Å²) < 4.78 is 39.3. The van der Waals surface area contributed by atoms with Gasteiger partial charge in [-0.05, 0) is 61.7 Å². The zero-order valence-corrected chi connectivity index (χ0v) is 23.1. The first-order valence-electron chi connectivity index (χ1n) is 11.9. The Bertz CT molecular complexity index is 1350. The van der Waals surface area contributed by atoms with Crippen molar-refractivity contribution in [3.8, 4) is 5.75 Å². The van der Waals surface area contributed by atoms with E-state index < -0.39 is 28.4 Å². The molecule has 0 atom stereocenters. The van der Waals surface area contributed by atoms with Crippen LogP contribution < -0.4 is 19.7 Å². The highest BCUT2D eigenvalue weighted by atomic mass is 32.2. The van der Waals surface area contributed by atoms with Crippen molar-refractivity contribution in [3.63, 3.8) is 0 Å². The van der Waals surface area contributed by atoms with Crippen LogP contribution in [0.25, 0.3) is 0 Å². The number of rotatable bonds is 13. The Kier molecular flexibility index (Phi) is 10.6. The molecular formula is C27H31N3O6S2. The lowest BCUT2D eigenvalue weighted by Crippen LogP contribution is -2.38. The Hall–Kier alpha value is -3.54. The van der Waals surface area contributed by atoms with Crippen molar-refractivity contribution in [3.05, 3.63) is 78.4 Å². The number of methoxy groups -OCH3 is 1. The highest BCUT2D eigenvalue weighted by Gasteiger charge is 2.30. The summed E-state index contributed by atoms with van der Waals surface area (Å²) in [6.07, 6.45) is 1.90. The predicted molar refractivity (Wildman–Crippen MR) is 150 cm³/mol. The van der Waals surface area contributed by atoms with Crippen molar-refractivity contribution in [1.82, 2.24) is 5.32 Å². The molecule has 0 unspecified atom stereocenters. The first-order chi connectivity index (χ1) is 18.3. The lowest BCUT2D eigenvalue weighted by molar-refractivity contribution is -0.114. The van der Waals surface area contributed by atoms with Crippen molar-refractivity contribution >= 4 is 45.0 Å². The van der Waals surface area contributed by atoms with Gasteiger partial charge in [0.2, 0.25) is 5.91 Å². The van der Waals surface area contributed by atoms with Crippen LogP contribution in [0.5, 0.6) is 5.75 Å². The molecule has 0 aliphatic rings. The van der Waals surface area contributed by atoms with Crippen LogP contribution in [0.15, 0.2) is 82.6 Å². The minimum absolute atomic E-state index is 0.0346. The molecule has 0 aromatic heterocycles. The fourth-order valence-corrected chi connectivity index (χ4v) is 5.43. The number of nitrogens with one attached hydrogen (secondary N) is 2. The smallest absolute Gasteiger partial charge is 0.264 e. The summed E-state index contributed by atoms with van der Waals surface area (Å²) in [4.78, 5) is 26.8. The molecule has 2 N–H and O–H groups in total. The molecule has 0 heterocycles. The number of carbonyl (C=O) groups is 2. The molecule has 0 radical (unpaired) electrons. The van der Waals surface area contributed by atoms with E-state index in [0.717, 1.165) is 9.20 Å². The van der Waals surface area contributed by atoms with Gasteiger partial charge in [-0.2, -0.15) is 0 Å². The molecule has 11 heteroatoms. The Morgan fingerprint density at radius 2 is 1.66 bits per heavy atom. The summed E-state index contributed by atoms with van der Waals surface area (Å²) in [5.74, 6) is -0.694. The molecule has 0 saturated heterocycles. The van der Waals surface area contributed by atoms with Gasteiger partial charge in [-0.3, -0.25) is 13.9 Å². The van der Waals surface area contributed by atoms with Crippen LogP contribution in [-0.4, -0.2) is 59.9 Å². The lowest BCUT2D eigenvalue weighted by Gasteiger charge is -2.26. The maximum atomic E-state index is 13.8. The van der Waals surface area contributed by atoms with Crippen LogP contribution in [0.1, 0.15) is 17.3 Å². The third-order valence-corrected chi connectivity index (χ3v) is 7.92. The maximum absolute atomic E-state index is 13.8. The Balaban J connectivity index is 1.95. The molecule has 2 amide bonds. The van der Waals surface area contributed by atoms with Gasteiger partial charge >= 0.3 is 0 Å². The molecule has 3 aromatic carbocycles. The highest BCUT2D eigenvalue weighted by molar-refractivity contribution is 7.98. The van der Waals surface area contributed by atoms with Gasteiger partial charge in [0.05, 0.1) is 35.0 Å². The Morgan fingerprint density at radius 3 is 2.34 bits per heavy atom. The summed E-state index contributed by atoms with van der Waals surface area (Å²) in [6, 6.07) is 19.6. The Labute approximate surface area is 227 Å². The standard InChI is InChI=1S/C27H31N3O6S2/c1-4-36-25-12-8-7-11-24(25)30(38(33,34)21-15-13-20(37-3)14-16-21)19-26(31)29-23-10-6-5-9-22(23)27(32)28-17-18-35-2/h5-16H,4,17-19H2,1-3H3,(H,28,32)(H,29,31). The van der Waals surface area contributed by atoms with Gasteiger partial charge in [0.15, 0.2) is 0 Å². The van der Waals surface area contributed by atoms with Crippen LogP contribution in [0.2, 0.25) is 0 Å². The largest absolute Gasteiger partial charge is 0.492 e. The molecule has 0 bridgehead atoms. The zero-order valence-electron chi connectivity index (χ0n) is 21.5. The van der Waals surface area contributed by atoms with E-state index in [-0.39, 0.29) is 21.8 Å². The first kappa shape index (κ1) is 29.0. The van der Waals surface area contributed by atoms with Gasteiger partial charge in [-0.15, -0.1) is 11.8 Å². The molecule has 0 aliphatic heterocycles. The zero-order chi connectivity index (χ0) is 27.5. The van der Waals surface area contributed by atoms with E-state index in [1.54, 1.807) is 67.6 Å². The summed E-state index contributed by atoms with van der Waals surface area (Å²) >= 11 is 1.49. The summed E-state index contributed by atoms with van der Waals surface area (Å²) in [7, 11) is -2.63. The normalized spacial score (nSPS) is 11.0. The van der Waals surface area contributed by atoms with E-state index in [1.165, 1.54) is 31.0 Å². The highest BCUT2D eigenvalue weighted by Crippen LogP contribution is 2.33. The topological polar surface area (TPSA) is 114 Å². The van der Waals surface area contributed by atoms with Crippen molar-refractivity contribution in [1.29, 1.82) is 0 Å². The number of benzene rings is 3. The number of ether oxygens (including phenoxy) is 2. The van der Waals surface area contributed by atoms with E-state index in [1.807, 2.05) is 6.26 Å². The minimum atomic E-state index is -4.16. The van der Waals surface area contributed by atoms with Crippen LogP contribution in [0.4, 0.5) is 11.4 Å². The molecule has 0 fully saturated rings. The summed E-state index contributed by atoms with van der Waals surface area (Å²) in [5.41, 5.74) is 0.727. The number of thioether (sulfide) groups is 1. The van der Waals surface area contributed by atoms with Crippen LogP contribution in [-0.2, 0) is 19.6 Å². The van der Waals surface area contributed by atoms with Gasteiger partial charge in [-0.1, -0.05) is 24.3 Å².